The Morgan fingerprint density at radius 2 is 1.82 bits per heavy atom. The summed E-state index contributed by atoms with van der Waals surface area (Å²) in [5.41, 5.74) is 9.46. The molecule has 0 fully saturated rings. The molecule has 0 heterocycles. The van der Waals surface area contributed by atoms with Gasteiger partial charge >= 0.3 is 0 Å². The number of nitrogen functional groups attached to an aromatic ring is 1. The van der Waals surface area contributed by atoms with Crippen LogP contribution in [0, 0.1) is 6.92 Å². The average molecular weight is 267 g/mol. The van der Waals surface area contributed by atoms with E-state index >= 15 is 0 Å². The molecule has 0 aliphatic carbocycles. The van der Waals surface area contributed by atoms with Gasteiger partial charge in [-0.05, 0) is 36.8 Å². The van der Waals surface area contributed by atoms with Crippen LogP contribution in [0.1, 0.15) is 5.56 Å². The van der Waals surface area contributed by atoms with Crippen LogP contribution in [0.2, 0.25) is 10.0 Å². The minimum Gasteiger partial charge on any atom is -0.397 e. The van der Waals surface area contributed by atoms with Gasteiger partial charge in [-0.15, -0.1) is 0 Å². The smallest absolute Gasteiger partial charge is 0.0647 e. The SMILES string of the molecule is Cc1cccc(N)c1Nc1ccc(Cl)c(Cl)c1. The lowest BCUT2D eigenvalue weighted by Crippen LogP contribution is -1.98. The summed E-state index contributed by atoms with van der Waals surface area (Å²) >= 11 is 11.8. The molecule has 0 atom stereocenters. The molecule has 88 valence electrons. The topological polar surface area (TPSA) is 38.0 Å². The van der Waals surface area contributed by atoms with Gasteiger partial charge in [-0.3, -0.25) is 0 Å². The van der Waals surface area contributed by atoms with E-state index in [1.165, 1.54) is 0 Å². The van der Waals surface area contributed by atoms with Gasteiger partial charge in [0.15, 0.2) is 0 Å². The zero-order chi connectivity index (χ0) is 12.4. The van der Waals surface area contributed by atoms with Gasteiger partial charge < -0.3 is 11.1 Å². The number of hydrogen-bond donors (Lipinski definition) is 2. The Hall–Kier alpha value is -1.38. The van der Waals surface area contributed by atoms with Crippen LogP contribution in [0.5, 0.6) is 0 Å². The second kappa shape index (κ2) is 4.86. The molecule has 2 aromatic carbocycles. The number of aryl methyl sites for hydroxylation is 1. The van der Waals surface area contributed by atoms with Crippen molar-refractivity contribution in [3.63, 3.8) is 0 Å². The maximum absolute atomic E-state index is 5.96. The quantitative estimate of drug-likeness (QED) is 0.778. The van der Waals surface area contributed by atoms with E-state index in [0.29, 0.717) is 15.7 Å². The van der Waals surface area contributed by atoms with Crippen LogP contribution in [0.25, 0.3) is 0 Å². The highest BCUT2D eigenvalue weighted by atomic mass is 35.5. The molecule has 2 rings (SSSR count). The van der Waals surface area contributed by atoms with Crippen LogP contribution in [-0.4, -0.2) is 0 Å². The first kappa shape index (κ1) is 12.1. The van der Waals surface area contributed by atoms with E-state index in [2.05, 4.69) is 5.32 Å². The minimum absolute atomic E-state index is 0.517. The van der Waals surface area contributed by atoms with Crippen LogP contribution < -0.4 is 11.1 Å². The highest BCUT2D eigenvalue weighted by Crippen LogP contribution is 2.30. The molecule has 0 saturated carbocycles. The zero-order valence-electron chi connectivity index (χ0n) is 9.30. The summed E-state index contributed by atoms with van der Waals surface area (Å²) in [4.78, 5) is 0. The molecule has 0 aliphatic heterocycles. The molecule has 0 aromatic heterocycles. The van der Waals surface area contributed by atoms with Gasteiger partial charge in [-0.25, -0.2) is 0 Å². The molecule has 0 unspecified atom stereocenters. The molecule has 3 N–H and O–H groups in total. The summed E-state index contributed by atoms with van der Waals surface area (Å²) in [6.07, 6.45) is 0. The van der Waals surface area contributed by atoms with Crippen molar-refractivity contribution >= 4 is 40.3 Å². The number of rotatable bonds is 2. The first-order valence-electron chi connectivity index (χ1n) is 5.15. The maximum Gasteiger partial charge on any atom is 0.0647 e. The summed E-state index contributed by atoms with van der Waals surface area (Å²) in [6, 6.07) is 11.2. The van der Waals surface area contributed by atoms with E-state index in [9.17, 15) is 0 Å². The first-order chi connectivity index (χ1) is 8.08. The molecular weight excluding hydrogens is 255 g/mol. The van der Waals surface area contributed by atoms with Crippen molar-refractivity contribution < 1.29 is 0 Å². The number of halogens is 2. The molecule has 0 bridgehead atoms. The van der Waals surface area contributed by atoms with Crippen molar-refractivity contribution in [2.24, 2.45) is 0 Å². The number of nitrogens with two attached hydrogens (primary N) is 1. The molecule has 0 spiro atoms. The maximum atomic E-state index is 5.96. The van der Waals surface area contributed by atoms with E-state index in [1.807, 2.05) is 31.2 Å². The second-order valence-electron chi connectivity index (χ2n) is 3.79. The number of para-hydroxylation sites is 1. The molecule has 2 nitrogen and oxygen atoms in total. The predicted octanol–water partition coefficient (Wildman–Crippen LogP) is 4.63. The Morgan fingerprint density at radius 1 is 1.06 bits per heavy atom. The average Bonchev–Trinajstić information content (AvgIpc) is 2.28. The molecule has 2 aromatic rings. The molecule has 0 saturated heterocycles. The monoisotopic (exact) mass is 266 g/mol. The van der Waals surface area contributed by atoms with E-state index in [-0.39, 0.29) is 0 Å². The Kier molecular flexibility index (Phi) is 3.46. The summed E-state index contributed by atoms with van der Waals surface area (Å²) < 4.78 is 0. The van der Waals surface area contributed by atoms with Gasteiger partial charge in [0.25, 0.3) is 0 Å². The normalized spacial score (nSPS) is 10.3. The van der Waals surface area contributed by atoms with Crippen molar-refractivity contribution in [2.75, 3.05) is 11.1 Å². The molecule has 0 amide bonds. The van der Waals surface area contributed by atoms with E-state index in [0.717, 1.165) is 16.9 Å². The van der Waals surface area contributed by atoms with Crippen molar-refractivity contribution in [2.45, 2.75) is 6.92 Å². The zero-order valence-corrected chi connectivity index (χ0v) is 10.8. The first-order valence-corrected chi connectivity index (χ1v) is 5.90. The highest BCUT2D eigenvalue weighted by Gasteiger charge is 2.04. The third-order valence-corrected chi connectivity index (χ3v) is 3.23. The van der Waals surface area contributed by atoms with Crippen molar-refractivity contribution in [1.82, 2.24) is 0 Å². The van der Waals surface area contributed by atoms with Crippen LogP contribution in [0.4, 0.5) is 17.1 Å². The number of nitrogens with one attached hydrogen (secondary N) is 1. The largest absolute Gasteiger partial charge is 0.397 e. The third kappa shape index (κ3) is 2.65. The Balaban J connectivity index is 2.35. The molecular formula is C13H12Cl2N2. The molecule has 4 heteroatoms. The lowest BCUT2D eigenvalue weighted by Gasteiger charge is -2.12. The summed E-state index contributed by atoms with van der Waals surface area (Å²) in [5, 5.41) is 4.29. The van der Waals surface area contributed by atoms with Crippen molar-refractivity contribution in [1.29, 1.82) is 0 Å². The van der Waals surface area contributed by atoms with Crippen LogP contribution >= 0.6 is 23.2 Å². The van der Waals surface area contributed by atoms with Gasteiger partial charge in [-0.2, -0.15) is 0 Å². The van der Waals surface area contributed by atoms with Gasteiger partial charge in [-0.1, -0.05) is 35.3 Å². The van der Waals surface area contributed by atoms with Gasteiger partial charge in [0.05, 0.1) is 21.4 Å². The highest BCUT2D eigenvalue weighted by molar-refractivity contribution is 6.42. The van der Waals surface area contributed by atoms with E-state index in [1.54, 1.807) is 12.1 Å². The number of benzene rings is 2. The molecule has 0 aliphatic rings. The fourth-order valence-corrected chi connectivity index (χ4v) is 1.88. The van der Waals surface area contributed by atoms with Crippen molar-refractivity contribution in [3.05, 3.63) is 52.0 Å². The lowest BCUT2D eigenvalue weighted by atomic mass is 10.1. The number of anilines is 3. The van der Waals surface area contributed by atoms with Crippen LogP contribution in [0.3, 0.4) is 0 Å². The fraction of sp³-hybridized carbons (Fsp3) is 0.0769. The Morgan fingerprint density at radius 3 is 2.47 bits per heavy atom. The second-order valence-corrected chi connectivity index (χ2v) is 4.61. The predicted molar refractivity (Wildman–Crippen MR) is 75.3 cm³/mol. The molecule has 0 radical (unpaired) electrons. The fourth-order valence-electron chi connectivity index (χ4n) is 1.58. The van der Waals surface area contributed by atoms with Gasteiger partial charge in [0.1, 0.15) is 0 Å². The lowest BCUT2D eigenvalue weighted by molar-refractivity contribution is 1.43. The van der Waals surface area contributed by atoms with Crippen LogP contribution in [0.15, 0.2) is 36.4 Å². The standard InChI is InChI=1S/C13H12Cl2N2/c1-8-3-2-4-12(16)13(8)17-9-5-6-10(14)11(15)7-9/h2-7,17H,16H2,1H3. The van der Waals surface area contributed by atoms with Crippen LogP contribution in [-0.2, 0) is 0 Å². The number of hydrogen-bond acceptors (Lipinski definition) is 2. The van der Waals surface area contributed by atoms with E-state index in [4.69, 9.17) is 28.9 Å². The third-order valence-electron chi connectivity index (χ3n) is 2.49. The van der Waals surface area contributed by atoms with Gasteiger partial charge in [0.2, 0.25) is 0 Å². The summed E-state index contributed by atoms with van der Waals surface area (Å²) in [5.74, 6) is 0. The van der Waals surface area contributed by atoms with Gasteiger partial charge in [0, 0.05) is 5.69 Å². The summed E-state index contributed by atoms with van der Waals surface area (Å²) in [7, 11) is 0. The Labute approximate surface area is 110 Å². The molecule has 17 heavy (non-hydrogen) atoms. The Bertz CT molecular complexity index is 533. The van der Waals surface area contributed by atoms with E-state index < -0.39 is 0 Å². The van der Waals surface area contributed by atoms with Crippen molar-refractivity contribution in [3.8, 4) is 0 Å². The minimum atomic E-state index is 0.517. The summed E-state index contributed by atoms with van der Waals surface area (Å²) in [6.45, 7) is 2.00.